The molecular weight excluding hydrogens is 342 g/mol. The third-order valence-corrected chi connectivity index (χ3v) is 5.43. The van der Waals surface area contributed by atoms with Crippen LogP contribution in [-0.4, -0.2) is 30.3 Å². The van der Waals surface area contributed by atoms with Crippen LogP contribution in [0.25, 0.3) is 11.0 Å². The first-order chi connectivity index (χ1) is 12.8. The standard InChI is InChI=1S/C20H27N5S/c1-3-4-9-18-24-17-15-21-14-16(2)19(17)25(18)12-6-5-7-13-26-20-22-10-8-11-23-20/h8,10-11,14-15H,3-7,9,12-13H2,1-2H3. The van der Waals surface area contributed by atoms with Crippen LogP contribution in [0.4, 0.5) is 0 Å². The van der Waals surface area contributed by atoms with E-state index in [0.29, 0.717) is 0 Å². The summed E-state index contributed by atoms with van der Waals surface area (Å²) in [5.74, 6) is 2.28. The van der Waals surface area contributed by atoms with E-state index in [4.69, 9.17) is 4.98 Å². The van der Waals surface area contributed by atoms with Crippen molar-refractivity contribution in [3.05, 3.63) is 42.2 Å². The summed E-state index contributed by atoms with van der Waals surface area (Å²) in [6, 6.07) is 1.85. The average Bonchev–Trinajstić information content (AvgIpc) is 3.02. The highest BCUT2D eigenvalue weighted by atomic mass is 32.2. The largest absolute Gasteiger partial charge is 0.328 e. The number of aryl methyl sites for hydroxylation is 3. The van der Waals surface area contributed by atoms with Gasteiger partial charge >= 0.3 is 0 Å². The van der Waals surface area contributed by atoms with E-state index in [2.05, 4.69) is 33.4 Å². The minimum absolute atomic E-state index is 0.873. The number of pyridine rings is 1. The Bertz CT molecular complexity index is 816. The van der Waals surface area contributed by atoms with Gasteiger partial charge in [-0.15, -0.1) is 0 Å². The lowest BCUT2D eigenvalue weighted by atomic mass is 10.2. The second kappa shape index (κ2) is 9.67. The zero-order chi connectivity index (χ0) is 18.2. The molecule has 0 aromatic carbocycles. The number of rotatable bonds is 10. The minimum Gasteiger partial charge on any atom is -0.328 e. The van der Waals surface area contributed by atoms with Crippen LogP contribution in [0.3, 0.4) is 0 Å². The molecule has 0 aliphatic rings. The van der Waals surface area contributed by atoms with Crippen molar-refractivity contribution in [3.8, 4) is 0 Å². The molecule has 0 atom stereocenters. The normalized spacial score (nSPS) is 11.3. The molecule has 3 rings (SSSR count). The van der Waals surface area contributed by atoms with Crippen molar-refractivity contribution >= 4 is 22.8 Å². The van der Waals surface area contributed by atoms with Crippen molar-refractivity contribution in [1.29, 1.82) is 0 Å². The summed E-state index contributed by atoms with van der Waals surface area (Å²) in [5, 5.41) is 0.873. The Hall–Kier alpha value is -1.95. The van der Waals surface area contributed by atoms with Gasteiger partial charge in [0.15, 0.2) is 5.16 Å². The van der Waals surface area contributed by atoms with Crippen molar-refractivity contribution < 1.29 is 0 Å². The van der Waals surface area contributed by atoms with Crippen LogP contribution < -0.4 is 0 Å². The molecule has 0 saturated heterocycles. The van der Waals surface area contributed by atoms with Gasteiger partial charge in [-0.3, -0.25) is 4.98 Å². The van der Waals surface area contributed by atoms with Crippen molar-refractivity contribution in [2.24, 2.45) is 0 Å². The highest BCUT2D eigenvalue weighted by molar-refractivity contribution is 7.99. The Labute approximate surface area is 159 Å². The maximum absolute atomic E-state index is 4.85. The Morgan fingerprint density at radius 2 is 1.88 bits per heavy atom. The van der Waals surface area contributed by atoms with Crippen LogP contribution in [-0.2, 0) is 13.0 Å². The fraction of sp³-hybridized carbons (Fsp3) is 0.500. The highest BCUT2D eigenvalue weighted by Gasteiger charge is 2.12. The summed E-state index contributed by atoms with van der Waals surface area (Å²) in [5.41, 5.74) is 3.51. The second-order valence-corrected chi connectivity index (χ2v) is 7.61. The highest BCUT2D eigenvalue weighted by Crippen LogP contribution is 2.21. The van der Waals surface area contributed by atoms with E-state index in [1.807, 2.05) is 18.5 Å². The van der Waals surface area contributed by atoms with Crippen LogP contribution in [0.5, 0.6) is 0 Å². The molecule has 0 N–H and O–H groups in total. The van der Waals surface area contributed by atoms with Gasteiger partial charge in [-0.1, -0.05) is 31.5 Å². The fourth-order valence-corrected chi connectivity index (χ4v) is 3.95. The van der Waals surface area contributed by atoms with E-state index in [9.17, 15) is 0 Å². The lowest BCUT2D eigenvalue weighted by molar-refractivity contribution is 0.584. The van der Waals surface area contributed by atoms with Crippen molar-refractivity contribution in [3.63, 3.8) is 0 Å². The van der Waals surface area contributed by atoms with Crippen LogP contribution in [0.15, 0.2) is 36.0 Å². The number of unbranched alkanes of at least 4 members (excludes halogenated alkanes) is 3. The lowest BCUT2D eigenvalue weighted by Gasteiger charge is -2.10. The van der Waals surface area contributed by atoms with E-state index in [0.717, 1.165) is 29.4 Å². The van der Waals surface area contributed by atoms with Crippen molar-refractivity contribution in [1.82, 2.24) is 24.5 Å². The summed E-state index contributed by atoms with van der Waals surface area (Å²) in [6.45, 7) is 5.40. The molecule has 3 heterocycles. The quantitative estimate of drug-likeness (QED) is 0.291. The average molecular weight is 370 g/mol. The second-order valence-electron chi connectivity index (χ2n) is 6.55. The molecule has 5 nitrogen and oxygen atoms in total. The van der Waals surface area contributed by atoms with Gasteiger partial charge in [0.25, 0.3) is 0 Å². The maximum Gasteiger partial charge on any atom is 0.187 e. The van der Waals surface area contributed by atoms with Crippen molar-refractivity contribution in [2.45, 2.75) is 64.1 Å². The zero-order valence-electron chi connectivity index (χ0n) is 15.7. The van der Waals surface area contributed by atoms with Crippen LogP contribution >= 0.6 is 11.8 Å². The summed E-state index contributed by atoms with van der Waals surface area (Å²) in [7, 11) is 0. The first-order valence-corrected chi connectivity index (χ1v) is 10.5. The molecule has 0 aliphatic heterocycles. The van der Waals surface area contributed by atoms with E-state index >= 15 is 0 Å². The number of imidazole rings is 1. The molecule has 26 heavy (non-hydrogen) atoms. The number of aromatic nitrogens is 5. The van der Waals surface area contributed by atoms with Crippen LogP contribution in [0, 0.1) is 6.92 Å². The Balaban J connectivity index is 1.55. The summed E-state index contributed by atoms with van der Waals surface area (Å²) in [4.78, 5) is 17.7. The topological polar surface area (TPSA) is 56.5 Å². The van der Waals surface area contributed by atoms with Gasteiger partial charge in [-0.25, -0.2) is 15.0 Å². The van der Waals surface area contributed by atoms with E-state index in [1.54, 1.807) is 24.2 Å². The van der Waals surface area contributed by atoms with Gasteiger partial charge < -0.3 is 4.57 Å². The Kier molecular flexibility index (Phi) is 7.00. The molecule has 0 bridgehead atoms. The first kappa shape index (κ1) is 18.8. The molecule has 0 radical (unpaired) electrons. The van der Waals surface area contributed by atoms with Crippen LogP contribution in [0.1, 0.15) is 50.4 Å². The van der Waals surface area contributed by atoms with Crippen molar-refractivity contribution in [2.75, 3.05) is 5.75 Å². The van der Waals surface area contributed by atoms with E-state index < -0.39 is 0 Å². The maximum atomic E-state index is 4.85. The van der Waals surface area contributed by atoms with E-state index in [1.165, 1.54) is 49.0 Å². The smallest absolute Gasteiger partial charge is 0.187 e. The molecule has 0 spiro atoms. The molecule has 0 aliphatic carbocycles. The minimum atomic E-state index is 0.873. The Morgan fingerprint density at radius 3 is 2.69 bits per heavy atom. The third-order valence-electron chi connectivity index (χ3n) is 4.47. The molecular formula is C20H27N5S. The molecule has 0 amide bonds. The van der Waals surface area contributed by atoms with Gasteiger partial charge in [-0.05, 0) is 37.8 Å². The SMILES string of the molecule is CCCCc1nc2cncc(C)c2n1CCCCCSc1ncccn1. The summed E-state index contributed by atoms with van der Waals surface area (Å²) in [6.07, 6.45) is 14.4. The zero-order valence-corrected chi connectivity index (χ0v) is 16.5. The number of fused-ring (bicyclic) bond motifs is 1. The van der Waals surface area contributed by atoms with Gasteiger partial charge in [-0.2, -0.15) is 0 Å². The fourth-order valence-electron chi connectivity index (χ4n) is 3.14. The van der Waals surface area contributed by atoms with Crippen LogP contribution in [0.2, 0.25) is 0 Å². The summed E-state index contributed by atoms with van der Waals surface area (Å²) >= 11 is 1.74. The van der Waals surface area contributed by atoms with Gasteiger partial charge in [0, 0.05) is 37.3 Å². The predicted molar refractivity (Wildman–Crippen MR) is 107 cm³/mol. The number of nitrogens with zero attached hydrogens (tertiary/aromatic N) is 5. The lowest BCUT2D eigenvalue weighted by Crippen LogP contribution is -2.05. The Morgan fingerprint density at radius 1 is 1.04 bits per heavy atom. The number of hydrogen-bond acceptors (Lipinski definition) is 5. The monoisotopic (exact) mass is 369 g/mol. The molecule has 6 heteroatoms. The third kappa shape index (κ3) is 4.81. The van der Waals surface area contributed by atoms with Gasteiger partial charge in [0.1, 0.15) is 11.3 Å². The molecule has 138 valence electrons. The molecule has 3 aromatic rings. The number of hydrogen-bond donors (Lipinski definition) is 0. The summed E-state index contributed by atoms with van der Waals surface area (Å²) < 4.78 is 2.43. The molecule has 0 unspecified atom stereocenters. The van der Waals surface area contributed by atoms with E-state index in [-0.39, 0.29) is 0 Å². The predicted octanol–water partition coefficient (Wildman–Crippen LogP) is 4.83. The first-order valence-electron chi connectivity index (χ1n) is 9.49. The number of thioether (sulfide) groups is 1. The van der Waals surface area contributed by atoms with Gasteiger partial charge in [0.2, 0.25) is 0 Å². The molecule has 0 saturated carbocycles. The van der Waals surface area contributed by atoms with Gasteiger partial charge in [0.05, 0.1) is 11.7 Å². The molecule has 0 fully saturated rings. The molecule has 3 aromatic heterocycles.